The highest BCUT2D eigenvalue weighted by molar-refractivity contribution is 5.98. The molecular formula is C42H64N2O6. The highest BCUT2D eigenvalue weighted by Crippen LogP contribution is 2.41. The molecule has 0 fully saturated rings. The fraction of sp³-hybridized carbons (Fsp3) is 0.595. The van der Waals surface area contributed by atoms with Crippen molar-refractivity contribution >= 4 is 21.9 Å². The summed E-state index contributed by atoms with van der Waals surface area (Å²) in [5, 5.41) is 12.3. The molecule has 3 rings (SSSR count). The van der Waals surface area contributed by atoms with E-state index in [2.05, 4.69) is 43.8 Å². The van der Waals surface area contributed by atoms with Gasteiger partial charge in [0, 0.05) is 23.3 Å². The third kappa shape index (κ3) is 11.8. The van der Waals surface area contributed by atoms with Crippen LogP contribution in [0.1, 0.15) is 104 Å². The first kappa shape index (κ1) is 40.9. The topological polar surface area (TPSA) is 84.6 Å². The van der Waals surface area contributed by atoms with Crippen molar-refractivity contribution in [2.24, 2.45) is 0 Å². The van der Waals surface area contributed by atoms with Gasteiger partial charge in [-0.25, -0.2) is 0 Å². The summed E-state index contributed by atoms with van der Waals surface area (Å²) in [5.74, 6) is 1.50. The third-order valence-corrected chi connectivity index (χ3v) is 9.11. The summed E-state index contributed by atoms with van der Waals surface area (Å²) in [7, 11) is 5.93. The molecule has 2 aromatic carbocycles. The number of unbranched alkanes of at least 4 members (excludes halogenated alkanes) is 4. The molecule has 1 heterocycles. The van der Waals surface area contributed by atoms with Gasteiger partial charge in [-0.05, 0) is 119 Å². The zero-order chi connectivity index (χ0) is 36.6. The number of hydrogen-bond acceptors (Lipinski definition) is 8. The van der Waals surface area contributed by atoms with Crippen LogP contribution in [0.3, 0.4) is 0 Å². The van der Waals surface area contributed by atoms with E-state index in [9.17, 15) is 9.90 Å². The molecule has 8 nitrogen and oxygen atoms in total. The average Bonchev–Trinajstić information content (AvgIpc) is 3.07. The number of nitrogens with zero attached hydrogens (tertiary/aromatic N) is 2. The van der Waals surface area contributed by atoms with Crippen molar-refractivity contribution in [2.75, 3.05) is 60.6 Å². The van der Waals surface area contributed by atoms with Crippen LogP contribution in [0.15, 0.2) is 44.6 Å². The minimum atomic E-state index is -0.295. The van der Waals surface area contributed by atoms with E-state index in [1.165, 1.54) is 25.7 Å². The number of ether oxygens (including phenoxy) is 3. The van der Waals surface area contributed by atoms with Crippen LogP contribution in [0.25, 0.3) is 21.9 Å². The van der Waals surface area contributed by atoms with Crippen LogP contribution in [-0.4, -0.2) is 75.5 Å². The van der Waals surface area contributed by atoms with Crippen LogP contribution in [0.4, 0.5) is 0 Å². The summed E-state index contributed by atoms with van der Waals surface area (Å²) < 4.78 is 25.0. The number of fused-ring (bicyclic) bond motifs is 2. The Bertz CT molecular complexity index is 1630. The minimum absolute atomic E-state index is 0.0960. The number of phenols is 1. The molecule has 0 radical (unpaired) electrons. The van der Waals surface area contributed by atoms with E-state index in [1.54, 1.807) is 19.2 Å². The zero-order valence-electron chi connectivity index (χ0n) is 32.5. The lowest BCUT2D eigenvalue weighted by Gasteiger charge is -2.19. The standard InChI is InChI=1S/C42H64N2O6/c1-10-12-22-43(7)24-14-16-26-48-34-28-36-39(40(45)32(34)20-18-30(3)4)41(46)38-33(21-19-31(5)6)42(47-9)37(29-35(38)50-36)49-27-17-15-25-44(8)23-13-11-2/h18-19,28-29,45H,10-17,20-27H2,1-9H3. The van der Waals surface area contributed by atoms with E-state index in [1.807, 2.05) is 33.8 Å². The summed E-state index contributed by atoms with van der Waals surface area (Å²) in [4.78, 5) is 19.2. The molecule has 0 spiro atoms. The number of allylic oxidation sites excluding steroid dienone is 4. The van der Waals surface area contributed by atoms with E-state index in [0.29, 0.717) is 65.4 Å². The predicted octanol–water partition coefficient (Wildman–Crippen LogP) is 9.46. The van der Waals surface area contributed by atoms with Crippen molar-refractivity contribution < 1.29 is 23.7 Å². The van der Waals surface area contributed by atoms with Gasteiger partial charge in [0.2, 0.25) is 5.43 Å². The van der Waals surface area contributed by atoms with Gasteiger partial charge in [-0.1, -0.05) is 50.0 Å². The van der Waals surface area contributed by atoms with Gasteiger partial charge in [0.25, 0.3) is 0 Å². The lowest BCUT2D eigenvalue weighted by Crippen LogP contribution is -2.21. The van der Waals surface area contributed by atoms with Gasteiger partial charge in [-0.2, -0.15) is 0 Å². The summed E-state index contributed by atoms with van der Waals surface area (Å²) in [6, 6.07) is 3.53. The Hall–Kier alpha value is -3.49. The van der Waals surface area contributed by atoms with E-state index in [0.717, 1.165) is 63.0 Å². The monoisotopic (exact) mass is 692 g/mol. The van der Waals surface area contributed by atoms with Crippen LogP contribution in [0.5, 0.6) is 23.0 Å². The highest BCUT2D eigenvalue weighted by atomic mass is 16.5. The molecule has 1 N–H and O–H groups in total. The summed E-state index contributed by atoms with van der Waals surface area (Å²) >= 11 is 0. The maximum Gasteiger partial charge on any atom is 0.204 e. The molecule has 0 aliphatic carbocycles. The second kappa shape index (κ2) is 21.0. The normalized spacial score (nSPS) is 11.5. The maximum atomic E-state index is 14.4. The van der Waals surface area contributed by atoms with Gasteiger partial charge < -0.3 is 33.5 Å². The van der Waals surface area contributed by atoms with E-state index >= 15 is 0 Å². The Balaban J connectivity index is 2.04. The molecule has 278 valence electrons. The first-order valence-electron chi connectivity index (χ1n) is 18.8. The number of hydrogen-bond donors (Lipinski definition) is 1. The van der Waals surface area contributed by atoms with Gasteiger partial charge in [-0.3, -0.25) is 4.79 Å². The number of phenolic OH excluding ortho intramolecular Hbond substituents is 1. The SMILES string of the molecule is CCCCN(C)CCCCOc1cc2oc3cc(OCCCCN(C)CCCC)c(OC)c(CC=C(C)C)c3c(=O)c2c(O)c1CC=C(C)C. The van der Waals surface area contributed by atoms with Crippen molar-refractivity contribution in [2.45, 2.75) is 106 Å². The fourth-order valence-corrected chi connectivity index (χ4v) is 6.08. The number of methoxy groups -OCH3 is 1. The molecule has 0 amide bonds. The maximum absolute atomic E-state index is 14.4. The van der Waals surface area contributed by atoms with Gasteiger partial charge in [0.15, 0.2) is 11.5 Å². The summed E-state index contributed by atoms with van der Waals surface area (Å²) in [5.41, 5.74) is 3.89. The molecule has 8 heteroatoms. The zero-order valence-corrected chi connectivity index (χ0v) is 32.5. The summed E-state index contributed by atoms with van der Waals surface area (Å²) in [6.45, 7) is 17.8. The molecular weight excluding hydrogens is 628 g/mol. The first-order valence-corrected chi connectivity index (χ1v) is 18.8. The molecule has 0 unspecified atom stereocenters. The van der Waals surface area contributed by atoms with Crippen LogP contribution < -0.4 is 19.6 Å². The molecule has 0 bridgehead atoms. The van der Waals surface area contributed by atoms with Crippen molar-refractivity contribution in [3.05, 3.63) is 56.8 Å². The van der Waals surface area contributed by atoms with Crippen LogP contribution in [0, 0.1) is 0 Å². The van der Waals surface area contributed by atoms with Gasteiger partial charge in [-0.15, -0.1) is 0 Å². The largest absolute Gasteiger partial charge is 0.507 e. The number of rotatable bonds is 23. The Labute approximate surface area is 301 Å². The fourth-order valence-electron chi connectivity index (χ4n) is 6.08. The highest BCUT2D eigenvalue weighted by Gasteiger charge is 2.24. The summed E-state index contributed by atoms with van der Waals surface area (Å²) in [6.07, 6.45) is 13.6. The lowest BCUT2D eigenvalue weighted by molar-refractivity contribution is 0.266. The van der Waals surface area contributed by atoms with Crippen LogP contribution >= 0.6 is 0 Å². The Morgan fingerprint density at radius 3 is 1.72 bits per heavy atom. The predicted molar refractivity (Wildman–Crippen MR) is 209 cm³/mol. The molecule has 50 heavy (non-hydrogen) atoms. The lowest BCUT2D eigenvalue weighted by atomic mass is 9.98. The third-order valence-electron chi connectivity index (χ3n) is 9.11. The second-order valence-corrected chi connectivity index (χ2v) is 14.2. The van der Waals surface area contributed by atoms with Gasteiger partial charge in [0.05, 0.1) is 25.7 Å². The van der Waals surface area contributed by atoms with E-state index in [-0.39, 0.29) is 22.1 Å². The quantitative estimate of drug-likeness (QED) is 0.0598. The molecule has 1 aromatic heterocycles. The van der Waals surface area contributed by atoms with Crippen molar-refractivity contribution in [1.82, 2.24) is 9.80 Å². The molecule has 0 aliphatic rings. The number of benzene rings is 2. The first-order chi connectivity index (χ1) is 24.0. The molecule has 0 atom stereocenters. The Morgan fingerprint density at radius 1 is 0.720 bits per heavy atom. The van der Waals surface area contributed by atoms with Crippen molar-refractivity contribution in [3.8, 4) is 23.0 Å². The van der Waals surface area contributed by atoms with E-state index < -0.39 is 0 Å². The van der Waals surface area contributed by atoms with Crippen molar-refractivity contribution in [1.29, 1.82) is 0 Å². The molecule has 0 aliphatic heterocycles. The number of aromatic hydroxyl groups is 1. The molecule has 0 saturated carbocycles. The Kier molecular flexibility index (Phi) is 17.2. The molecule has 0 saturated heterocycles. The van der Waals surface area contributed by atoms with Crippen LogP contribution in [0.2, 0.25) is 0 Å². The van der Waals surface area contributed by atoms with Crippen molar-refractivity contribution in [3.63, 3.8) is 0 Å². The van der Waals surface area contributed by atoms with Gasteiger partial charge in [0.1, 0.15) is 28.1 Å². The minimum Gasteiger partial charge on any atom is -0.507 e. The molecule has 3 aromatic rings. The van der Waals surface area contributed by atoms with Gasteiger partial charge >= 0.3 is 0 Å². The van der Waals surface area contributed by atoms with E-state index in [4.69, 9.17) is 18.6 Å². The van der Waals surface area contributed by atoms with Crippen LogP contribution in [-0.2, 0) is 12.8 Å². The second-order valence-electron chi connectivity index (χ2n) is 14.2. The smallest absolute Gasteiger partial charge is 0.204 e. The average molecular weight is 693 g/mol. The Morgan fingerprint density at radius 2 is 1.20 bits per heavy atom.